The van der Waals surface area contributed by atoms with E-state index in [1.54, 1.807) is 30.3 Å². The summed E-state index contributed by atoms with van der Waals surface area (Å²) in [6.07, 6.45) is -1.55. The fraction of sp³-hybridized carbons (Fsp3) is 0.238. The minimum atomic E-state index is -4.39. The molecule has 0 fully saturated rings. The van der Waals surface area contributed by atoms with Gasteiger partial charge in [-0.05, 0) is 17.2 Å². The molecule has 0 aliphatic heterocycles. The van der Waals surface area contributed by atoms with Gasteiger partial charge in [0.05, 0.1) is 26.0 Å². The molecule has 0 heterocycles. The first-order valence-electron chi connectivity index (χ1n) is 8.56. The number of hydrogen-bond donors (Lipinski definition) is 0. The van der Waals surface area contributed by atoms with Crippen molar-refractivity contribution in [3.05, 3.63) is 77.0 Å². The molecular weight excluding hydrogens is 387 g/mol. The summed E-state index contributed by atoms with van der Waals surface area (Å²) in [4.78, 5) is 17.2. The molecule has 2 rings (SSSR count). The van der Waals surface area contributed by atoms with Gasteiger partial charge < -0.3 is 14.3 Å². The second kappa shape index (κ2) is 10.3. The van der Waals surface area contributed by atoms with Crippen molar-refractivity contribution in [2.24, 2.45) is 5.16 Å². The standard InChI is InChI=1S/C21H20F3NO4/c1-27-14-19(20(26)28-2)18-9-4-3-7-16(18)13-29-25-11-10-15-6-5-8-17(12-15)21(22,23)24/h3-9,11-12,14H,10,13H2,1-2H3. The molecule has 154 valence electrons. The van der Waals surface area contributed by atoms with Gasteiger partial charge in [-0.2, -0.15) is 13.2 Å². The number of ether oxygens (including phenoxy) is 2. The number of hydrogen-bond acceptors (Lipinski definition) is 5. The maximum Gasteiger partial charge on any atom is 0.416 e. The van der Waals surface area contributed by atoms with Gasteiger partial charge in [-0.3, -0.25) is 0 Å². The third-order valence-electron chi connectivity index (χ3n) is 3.90. The fourth-order valence-corrected chi connectivity index (χ4v) is 2.54. The first-order chi connectivity index (χ1) is 13.9. The molecule has 0 aliphatic carbocycles. The summed E-state index contributed by atoms with van der Waals surface area (Å²) in [7, 11) is 2.68. The number of oxime groups is 1. The van der Waals surface area contributed by atoms with Gasteiger partial charge in [0, 0.05) is 18.2 Å². The Bertz CT molecular complexity index is 891. The molecule has 0 atom stereocenters. The lowest BCUT2D eigenvalue weighted by molar-refractivity contribution is -0.137. The van der Waals surface area contributed by atoms with Crippen LogP contribution in [0.4, 0.5) is 13.2 Å². The zero-order chi connectivity index (χ0) is 21.3. The summed E-state index contributed by atoms with van der Waals surface area (Å²) in [5.74, 6) is -0.563. The molecule has 29 heavy (non-hydrogen) atoms. The van der Waals surface area contributed by atoms with Gasteiger partial charge >= 0.3 is 12.1 Å². The number of methoxy groups -OCH3 is 2. The van der Waals surface area contributed by atoms with Crippen LogP contribution in [0.15, 0.2) is 59.9 Å². The van der Waals surface area contributed by atoms with E-state index in [0.29, 0.717) is 16.7 Å². The molecule has 2 aromatic rings. The molecule has 2 aromatic carbocycles. The van der Waals surface area contributed by atoms with E-state index in [4.69, 9.17) is 14.3 Å². The SMILES string of the molecule is COC=C(C(=O)OC)c1ccccc1CON=CCc1cccc(C(F)(F)F)c1. The predicted molar refractivity (Wildman–Crippen MR) is 102 cm³/mol. The molecule has 8 heteroatoms. The number of esters is 1. The summed E-state index contributed by atoms with van der Waals surface area (Å²) in [6.45, 7) is 0.0489. The Morgan fingerprint density at radius 3 is 2.55 bits per heavy atom. The monoisotopic (exact) mass is 407 g/mol. The van der Waals surface area contributed by atoms with Crippen LogP contribution in [0.3, 0.4) is 0 Å². The molecule has 0 unspecified atom stereocenters. The van der Waals surface area contributed by atoms with Crippen molar-refractivity contribution in [1.82, 2.24) is 0 Å². The quantitative estimate of drug-likeness (QED) is 0.211. The van der Waals surface area contributed by atoms with Crippen LogP contribution in [0, 0.1) is 0 Å². The largest absolute Gasteiger partial charge is 0.503 e. The number of rotatable bonds is 8. The molecule has 0 saturated carbocycles. The highest BCUT2D eigenvalue weighted by Gasteiger charge is 2.30. The Morgan fingerprint density at radius 1 is 1.10 bits per heavy atom. The number of benzene rings is 2. The van der Waals surface area contributed by atoms with E-state index in [1.165, 1.54) is 32.8 Å². The smallest absolute Gasteiger partial charge is 0.416 e. The van der Waals surface area contributed by atoms with Crippen molar-refractivity contribution in [1.29, 1.82) is 0 Å². The van der Waals surface area contributed by atoms with E-state index in [1.807, 2.05) is 0 Å². The Morgan fingerprint density at radius 2 is 1.86 bits per heavy atom. The van der Waals surface area contributed by atoms with Crippen LogP contribution in [-0.2, 0) is 38.3 Å². The highest BCUT2D eigenvalue weighted by Crippen LogP contribution is 2.29. The van der Waals surface area contributed by atoms with E-state index >= 15 is 0 Å². The fourth-order valence-electron chi connectivity index (χ4n) is 2.54. The van der Waals surface area contributed by atoms with Crippen molar-refractivity contribution in [2.75, 3.05) is 14.2 Å². The lowest BCUT2D eigenvalue weighted by Crippen LogP contribution is -2.07. The topological polar surface area (TPSA) is 57.1 Å². The summed E-state index contributed by atoms with van der Waals surface area (Å²) in [5.41, 5.74) is 1.20. The van der Waals surface area contributed by atoms with E-state index in [9.17, 15) is 18.0 Å². The van der Waals surface area contributed by atoms with Gasteiger partial charge in [-0.25, -0.2) is 4.79 Å². The number of alkyl halides is 3. The Labute approximate surface area is 166 Å². The van der Waals surface area contributed by atoms with E-state index in [-0.39, 0.29) is 18.6 Å². The predicted octanol–water partition coefficient (Wildman–Crippen LogP) is 4.61. The minimum absolute atomic E-state index is 0.0489. The van der Waals surface area contributed by atoms with Gasteiger partial charge in [0.25, 0.3) is 0 Å². The number of halogens is 3. The zero-order valence-corrected chi connectivity index (χ0v) is 15.9. The average Bonchev–Trinajstić information content (AvgIpc) is 2.71. The van der Waals surface area contributed by atoms with Crippen molar-refractivity contribution in [2.45, 2.75) is 19.2 Å². The van der Waals surface area contributed by atoms with Gasteiger partial charge in [0.15, 0.2) is 0 Å². The second-order valence-corrected chi connectivity index (χ2v) is 5.88. The van der Waals surface area contributed by atoms with Crippen molar-refractivity contribution in [3.8, 4) is 0 Å². The van der Waals surface area contributed by atoms with Gasteiger partial charge in [0.2, 0.25) is 0 Å². The maximum absolute atomic E-state index is 12.7. The van der Waals surface area contributed by atoms with E-state index in [2.05, 4.69) is 5.16 Å². The minimum Gasteiger partial charge on any atom is -0.503 e. The first kappa shape index (κ1) is 22.0. The average molecular weight is 407 g/mol. The third-order valence-corrected chi connectivity index (χ3v) is 3.90. The van der Waals surface area contributed by atoms with Crippen LogP contribution < -0.4 is 0 Å². The Balaban J connectivity index is 2.03. The number of nitrogens with zero attached hydrogens (tertiary/aromatic N) is 1. The summed E-state index contributed by atoms with van der Waals surface area (Å²) in [6, 6.07) is 12.0. The molecule has 0 radical (unpaired) electrons. The second-order valence-electron chi connectivity index (χ2n) is 5.88. The molecule has 0 amide bonds. The zero-order valence-electron chi connectivity index (χ0n) is 15.9. The van der Waals surface area contributed by atoms with Gasteiger partial charge in [0.1, 0.15) is 12.2 Å². The molecular formula is C21H20F3NO4. The third kappa shape index (κ3) is 6.38. The van der Waals surface area contributed by atoms with Crippen LogP contribution in [0.5, 0.6) is 0 Å². The first-order valence-corrected chi connectivity index (χ1v) is 8.56. The normalized spacial score (nSPS) is 12.1. The lowest BCUT2D eigenvalue weighted by atomic mass is 10.0. The number of carbonyl (C=O) groups excluding carboxylic acids is 1. The van der Waals surface area contributed by atoms with E-state index < -0.39 is 17.7 Å². The molecule has 0 bridgehead atoms. The van der Waals surface area contributed by atoms with E-state index in [0.717, 1.165) is 12.1 Å². The Kier molecular flexibility index (Phi) is 7.82. The van der Waals surface area contributed by atoms with Crippen molar-refractivity contribution in [3.63, 3.8) is 0 Å². The molecule has 0 aliphatic rings. The van der Waals surface area contributed by atoms with Crippen LogP contribution in [0.25, 0.3) is 5.57 Å². The van der Waals surface area contributed by atoms with Crippen LogP contribution in [0.2, 0.25) is 0 Å². The summed E-state index contributed by atoms with van der Waals surface area (Å²) >= 11 is 0. The van der Waals surface area contributed by atoms with Crippen LogP contribution >= 0.6 is 0 Å². The maximum atomic E-state index is 12.7. The highest BCUT2D eigenvalue weighted by molar-refractivity contribution is 6.16. The molecule has 0 N–H and O–H groups in total. The van der Waals surface area contributed by atoms with Gasteiger partial charge in [-0.15, -0.1) is 0 Å². The Hall–Kier alpha value is -3.29. The van der Waals surface area contributed by atoms with Crippen LogP contribution in [0.1, 0.15) is 22.3 Å². The highest BCUT2D eigenvalue weighted by atomic mass is 19.4. The number of carbonyl (C=O) groups is 1. The van der Waals surface area contributed by atoms with Crippen molar-refractivity contribution < 1.29 is 32.3 Å². The molecule has 0 aromatic heterocycles. The lowest BCUT2D eigenvalue weighted by Gasteiger charge is -2.10. The molecule has 0 saturated heterocycles. The van der Waals surface area contributed by atoms with Crippen molar-refractivity contribution >= 4 is 17.8 Å². The van der Waals surface area contributed by atoms with Gasteiger partial charge in [-0.1, -0.05) is 47.6 Å². The van der Waals surface area contributed by atoms with Crippen LogP contribution in [-0.4, -0.2) is 26.4 Å². The summed E-state index contributed by atoms with van der Waals surface area (Å²) < 4.78 is 47.9. The summed E-state index contributed by atoms with van der Waals surface area (Å²) in [5, 5.41) is 3.79. The molecule has 0 spiro atoms. The molecule has 5 nitrogen and oxygen atoms in total.